The van der Waals surface area contributed by atoms with Gasteiger partial charge in [-0.1, -0.05) is 20.3 Å². The summed E-state index contributed by atoms with van der Waals surface area (Å²) in [6.07, 6.45) is 0.955. The smallest absolute Gasteiger partial charge is 0.270 e. The summed E-state index contributed by atoms with van der Waals surface area (Å²) in [4.78, 5) is 12.9. The lowest BCUT2D eigenvalue weighted by Gasteiger charge is -2.38. The van der Waals surface area contributed by atoms with Crippen molar-refractivity contribution in [1.82, 2.24) is 10.2 Å². The van der Waals surface area contributed by atoms with Gasteiger partial charge >= 0.3 is 0 Å². The number of benzene rings is 1. The Balaban J connectivity index is 0.00000242. The molecule has 2 rings (SSSR count). The number of nitro benzene ring substituents is 1. The van der Waals surface area contributed by atoms with Gasteiger partial charge in [-0.2, -0.15) is 0 Å². The van der Waals surface area contributed by atoms with Gasteiger partial charge in [0.25, 0.3) is 5.69 Å². The quantitative estimate of drug-likeness (QED) is 0.618. The molecule has 1 saturated heterocycles. The average molecular weight is 366 g/mol. The summed E-state index contributed by atoms with van der Waals surface area (Å²) in [5.74, 6) is 0.459. The van der Waals surface area contributed by atoms with Crippen LogP contribution in [0.1, 0.15) is 31.9 Å². The SMILES string of the molecule is CCC(C)[C@@H](c1cc([N+](=O)[O-])ccc1O)N1CCNCC1.Cl.Cl. The molecule has 0 radical (unpaired) electrons. The fourth-order valence-corrected chi connectivity index (χ4v) is 2.94. The summed E-state index contributed by atoms with van der Waals surface area (Å²) >= 11 is 0. The highest BCUT2D eigenvalue weighted by molar-refractivity contribution is 5.85. The minimum Gasteiger partial charge on any atom is -0.508 e. The minimum absolute atomic E-state index is 0. The Morgan fingerprint density at radius 3 is 2.48 bits per heavy atom. The van der Waals surface area contributed by atoms with Gasteiger partial charge in [-0.05, 0) is 12.0 Å². The van der Waals surface area contributed by atoms with E-state index < -0.39 is 4.92 Å². The number of phenolic OH excluding ortho intramolecular Hbond substituents is 1. The number of halogens is 2. The maximum absolute atomic E-state index is 11.0. The van der Waals surface area contributed by atoms with Gasteiger partial charge < -0.3 is 10.4 Å². The van der Waals surface area contributed by atoms with E-state index >= 15 is 0 Å². The zero-order valence-corrected chi connectivity index (χ0v) is 15.0. The van der Waals surface area contributed by atoms with Crippen molar-refractivity contribution in [2.24, 2.45) is 5.92 Å². The number of nitro groups is 1. The monoisotopic (exact) mass is 365 g/mol. The number of rotatable bonds is 5. The van der Waals surface area contributed by atoms with Crippen LogP contribution in [0.2, 0.25) is 0 Å². The minimum atomic E-state index is -0.408. The molecule has 1 fully saturated rings. The van der Waals surface area contributed by atoms with Crippen molar-refractivity contribution in [1.29, 1.82) is 0 Å². The molecule has 132 valence electrons. The number of nitrogens with one attached hydrogen (secondary N) is 1. The first kappa shape index (κ1) is 21.9. The standard InChI is InChI=1S/C15H23N3O3.2ClH/c1-3-11(2)15(17-8-6-16-7-9-17)13-10-12(18(20)21)4-5-14(13)19;;/h4-5,10-11,15-16,19H,3,6-9H2,1-2H3;2*1H/t11?,15-;;/m0../s1. The van der Waals surface area contributed by atoms with Crippen molar-refractivity contribution >= 4 is 30.5 Å². The predicted molar refractivity (Wildman–Crippen MR) is 95.9 cm³/mol. The molecule has 2 N–H and O–H groups in total. The van der Waals surface area contributed by atoms with E-state index in [2.05, 4.69) is 24.1 Å². The van der Waals surface area contributed by atoms with Gasteiger partial charge in [0.15, 0.2) is 0 Å². The molecule has 8 heteroatoms. The van der Waals surface area contributed by atoms with Gasteiger partial charge in [-0.3, -0.25) is 15.0 Å². The van der Waals surface area contributed by atoms with E-state index in [1.807, 2.05) is 0 Å². The van der Waals surface area contributed by atoms with Crippen molar-refractivity contribution in [3.8, 4) is 5.75 Å². The van der Waals surface area contributed by atoms with Gasteiger partial charge in [0.05, 0.1) is 4.92 Å². The Morgan fingerprint density at radius 1 is 1.35 bits per heavy atom. The second-order valence-corrected chi connectivity index (χ2v) is 5.62. The van der Waals surface area contributed by atoms with E-state index in [0.717, 1.165) is 32.6 Å². The van der Waals surface area contributed by atoms with E-state index in [1.165, 1.54) is 18.2 Å². The third-order valence-electron chi connectivity index (χ3n) is 4.27. The number of nitrogens with zero attached hydrogens (tertiary/aromatic N) is 2. The molecular formula is C15H25Cl2N3O3. The highest BCUT2D eigenvalue weighted by atomic mass is 35.5. The van der Waals surface area contributed by atoms with Gasteiger partial charge in [-0.15, -0.1) is 24.8 Å². The Bertz CT molecular complexity index is 511. The number of non-ortho nitro benzene ring substituents is 1. The van der Waals surface area contributed by atoms with E-state index in [1.54, 1.807) is 0 Å². The van der Waals surface area contributed by atoms with E-state index in [-0.39, 0.29) is 42.3 Å². The van der Waals surface area contributed by atoms with E-state index in [0.29, 0.717) is 11.5 Å². The lowest BCUT2D eigenvalue weighted by atomic mass is 9.89. The number of hydrogen-bond acceptors (Lipinski definition) is 5. The molecule has 6 nitrogen and oxygen atoms in total. The van der Waals surface area contributed by atoms with E-state index in [4.69, 9.17) is 0 Å². The lowest BCUT2D eigenvalue weighted by Crippen LogP contribution is -2.46. The van der Waals surface area contributed by atoms with Gasteiger partial charge in [0, 0.05) is 49.9 Å². The number of aromatic hydroxyl groups is 1. The third kappa shape index (κ3) is 5.21. The average Bonchev–Trinajstić information content (AvgIpc) is 2.50. The molecule has 1 aromatic carbocycles. The Labute approximate surface area is 149 Å². The molecule has 1 unspecified atom stereocenters. The summed E-state index contributed by atoms with van der Waals surface area (Å²) in [6, 6.07) is 4.32. The van der Waals surface area contributed by atoms with Crippen LogP contribution in [0.15, 0.2) is 18.2 Å². The third-order valence-corrected chi connectivity index (χ3v) is 4.27. The van der Waals surface area contributed by atoms with Crippen LogP contribution in [0.4, 0.5) is 5.69 Å². The molecule has 0 saturated carbocycles. The van der Waals surface area contributed by atoms with Crippen LogP contribution in [0.5, 0.6) is 5.75 Å². The fourth-order valence-electron chi connectivity index (χ4n) is 2.94. The van der Waals surface area contributed by atoms with Crippen LogP contribution in [0.3, 0.4) is 0 Å². The van der Waals surface area contributed by atoms with Gasteiger partial charge in [0.1, 0.15) is 5.75 Å². The summed E-state index contributed by atoms with van der Waals surface area (Å²) in [6.45, 7) is 7.82. The maximum atomic E-state index is 11.0. The first-order valence-corrected chi connectivity index (χ1v) is 7.46. The highest BCUT2D eigenvalue weighted by Crippen LogP contribution is 2.37. The molecule has 0 amide bonds. The van der Waals surface area contributed by atoms with Gasteiger partial charge in [-0.25, -0.2) is 0 Å². The zero-order chi connectivity index (χ0) is 15.4. The van der Waals surface area contributed by atoms with Crippen LogP contribution < -0.4 is 5.32 Å². The first-order chi connectivity index (χ1) is 10.0. The Hall–Kier alpha value is -1.08. The van der Waals surface area contributed by atoms with Crippen molar-refractivity contribution < 1.29 is 10.0 Å². The van der Waals surface area contributed by atoms with Crippen LogP contribution in [0.25, 0.3) is 0 Å². The number of piperazine rings is 1. The highest BCUT2D eigenvalue weighted by Gasteiger charge is 2.29. The van der Waals surface area contributed by atoms with Crippen molar-refractivity contribution in [3.63, 3.8) is 0 Å². The molecule has 0 spiro atoms. The fraction of sp³-hybridized carbons (Fsp3) is 0.600. The van der Waals surface area contributed by atoms with Gasteiger partial charge in [0.2, 0.25) is 0 Å². The summed E-state index contributed by atoms with van der Waals surface area (Å²) in [7, 11) is 0. The molecule has 1 aliphatic heterocycles. The molecule has 2 atom stereocenters. The van der Waals surface area contributed by atoms with Crippen LogP contribution >= 0.6 is 24.8 Å². The molecule has 1 aliphatic rings. The maximum Gasteiger partial charge on any atom is 0.270 e. The second-order valence-electron chi connectivity index (χ2n) is 5.62. The van der Waals surface area contributed by atoms with Crippen LogP contribution in [0, 0.1) is 16.0 Å². The molecule has 1 aromatic rings. The summed E-state index contributed by atoms with van der Waals surface area (Å²) in [5.41, 5.74) is 0.701. The number of hydrogen-bond donors (Lipinski definition) is 2. The van der Waals surface area contributed by atoms with Crippen LogP contribution in [-0.2, 0) is 0 Å². The van der Waals surface area contributed by atoms with Crippen LogP contribution in [-0.4, -0.2) is 41.1 Å². The molecule has 23 heavy (non-hydrogen) atoms. The molecule has 1 heterocycles. The second kappa shape index (κ2) is 9.93. The normalized spacial score (nSPS) is 17.5. The molecule has 0 bridgehead atoms. The van der Waals surface area contributed by atoms with Crippen molar-refractivity contribution in [2.75, 3.05) is 26.2 Å². The Morgan fingerprint density at radius 2 is 1.96 bits per heavy atom. The first-order valence-electron chi connectivity index (χ1n) is 7.46. The summed E-state index contributed by atoms with van der Waals surface area (Å²) in [5, 5.41) is 24.5. The molecule has 0 aromatic heterocycles. The predicted octanol–water partition coefficient (Wildman–Crippen LogP) is 3.14. The van der Waals surface area contributed by atoms with Crippen molar-refractivity contribution in [2.45, 2.75) is 26.3 Å². The molecular weight excluding hydrogens is 341 g/mol. The van der Waals surface area contributed by atoms with E-state index in [9.17, 15) is 15.2 Å². The lowest BCUT2D eigenvalue weighted by molar-refractivity contribution is -0.385. The zero-order valence-electron chi connectivity index (χ0n) is 13.4. The largest absolute Gasteiger partial charge is 0.508 e. The topological polar surface area (TPSA) is 78.6 Å². The molecule has 0 aliphatic carbocycles. The Kier molecular flexibility index (Phi) is 9.46. The summed E-state index contributed by atoms with van der Waals surface area (Å²) < 4.78 is 0. The number of phenols is 1. The van der Waals surface area contributed by atoms with Crippen molar-refractivity contribution in [3.05, 3.63) is 33.9 Å².